The van der Waals surface area contributed by atoms with Crippen LogP contribution in [0.4, 0.5) is 34.1 Å². The molecule has 1 heterocycles. The Hall–Kier alpha value is -5.64. The predicted molar refractivity (Wildman–Crippen MR) is 254 cm³/mol. The fourth-order valence-corrected chi connectivity index (χ4v) is 14.5. The first-order valence-electron chi connectivity index (χ1n) is 22.3. The second-order valence-electron chi connectivity index (χ2n) is 17.9. The van der Waals surface area contributed by atoms with Crippen LogP contribution in [0.25, 0.3) is 11.1 Å². The van der Waals surface area contributed by atoms with Gasteiger partial charge in [0, 0.05) is 39.5 Å². The number of rotatable bonds is 9. The van der Waals surface area contributed by atoms with Crippen molar-refractivity contribution in [2.75, 3.05) is 9.80 Å². The van der Waals surface area contributed by atoms with E-state index >= 15 is 0 Å². The van der Waals surface area contributed by atoms with Gasteiger partial charge in [0.2, 0.25) is 0 Å². The molecule has 7 aromatic carbocycles. The first kappa shape index (κ1) is 37.6. The summed E-state index contributed by atoms with van der Waals surface area (Å²) in [4.78, 5) is 4.95. The summed E-state index contributed by atoms with van der Waals surface area (Å²) in [7, 11) is -1.96. The topological polar surface area (TPSA) is 6.48 Å². The van der Waals surface area contributed by atoms with Crippen LogP contribution in [0, 0.1) is 0 Å². The lowest BCUT2D eigenvalue weighted by Gasteiger charge is -2.39. The predicted octanol–water partition coefficient (Wildman–Crippen LogP) is 14.7. The zero-order chi connectivity index (χ0) is 39.8. The van der Waals surface area contributed by atoms with E-state index in [0.29, 0.717) is 5.92 Å². The minimum Gasteiger partial charge on any atom is -0.311 e. The lowest BCUT2D eigenvalue weighted by Crippen LogP contribution is -2.50. The number of hydrogen-bond donors (Lipinski definition) is 0. The molecule has 2 saturated carbocycles. The molecule has 59 heavy (non-hydrogen) atoms. The van der Waals surface area contributed by atoms with Gasteiger partial charge >= 0.3 is 0 Å². The zero-order valence-electron chi connectivity index (χ0n) is 34.8. The number of anilines is 6. The fraction of sp³-hybridized carbons (Fsp3) is 0.250. The third-order valence-electron chi connectivity index (χ3n) is 14.1. The van der Waals surface area contributed by atoms with Crippen LogP contribution in [0.1, 0.15) is 86.8 Å². The van der Waals surface area contributed by atoms with Crippen LogP contribution in [0.3, 0.4) is 0 Å². The maximum atomic E-state index is 2.53. The molecule has 294 valence electrons. The smallest absolute Gasteiger partial charge is 0.116 e. The van der Waals surface area contributed by atoms with E-state index < -0.39 is 8.07 Å². The largest absolute Gasteiger partial charge is 0.311 e. The highest BCUT2D eigenvalue weighted by atomic mass is 28.3. The van der Waals surface area contributed by atoms with Crippen molar-refractivity contribution in [2.24, 2.45) is 0 Å². The summed E-state index contributed by atoms with van der Waals surface area (Å²) < 4.78 is 0. The van der Waals surface area contributed by atoms with Gasteiger partial charge in [-0.2, -0.15) is 0 Å². The van der Waals surface area contributed by atoms with Crippen molar-refractivity contribution < 1.29 is 0 Å². The van der Waals surface area contributed by atoms with E-state index in [1.54, 1.807) is 0 Å². The SMILES string of the molecule is C[Si]1(C)c2ccccc2-c2cccc(N(c3ccccc3)c3ccc(C4(c5ccc(N(c6ccccc6)c6ccc(C7CCCCC7)cc6)cc5)CCCCC4)cc3)c21. The summed E-state index contributed by atoms with van der Waals surface area (Å²) in [6.45, 7) is 5.05. The van der Waals surface area contributed by atoms with Crippen LogP contribution in [-0.4, -0.2) is 8.07 Å². The molecule has 1 aliphatic heterocycles. The minimum atomic E-state index is -1.96. The van der Waals surface area contributed by atoms with E-state index in [2.05, 4.69) is 199 Å². The minimum absolute atomic E-state index is 0.0172. The number of nitrogens with zero attached hydrogens (tertiary/aromatic N) is 2. The Bertz CT molecular complexity index is 2510. The van der Waals surface area contributed by atoms with E-state index in [1.807, 2.05) is 0 Å². The Morgan fingerprint density at radius 2 is 0.898 bits per heavy atom. The number of fused-ring (bicyclic) bond motifs is 3. The number of hydrogen-bond acceptors (Lipinski definition) is 2. The molecule has 10 rings (SSSR count). The van der Waals surface area contributed by atoms with Gasteiger partial charge in [-0.15, -0.1) is 0 Å². The maximum Gasteiger partial charge on any atom is 0.116 e. The molecule has 0 spiro atoms. The van der Waals surface area contributed by atoms with Gasteiger partial charge < -0.3 is 9.80 Å². The lowest BCUT2D eigenvalue weighted by atomic mass is 9.65. The summed E-state index contributed by atoms with van der Waals surface area (Å²) >= 11 is 0. The van der Waals surface area contributed by atoms with Crippen molar-refractivity contribution in [1.29, 1.82) is 0 Å². The molecule has 0 N–H and O–H groups in total. The number of para-hydroxylation sites is 2. The molecular formula is C56H56N2Si. The van der Waals surface area contributed by atoms with E-state index in [4.69, 9.17) is 0 Å². The van der Waals surface area contributed by atoms with Gasteiger partial charge in [0.25, 0.3) is 0 Å². The number of benzene rings is 7. The van der Waals surface area contributed by atoms with Gasteiger partial charge in [-0.1, -0.05) is 161 Å². The molecule has 2 nitrogen and oxygen atoms in total. The second-order valence-corrected chi connectivity index (χ2v) is 22.2. The van der Waals surface area contributed by atoms with Crippen molar-refractivity contribution in [1.82, 2.24) is 0 Å². The molecule has 2 aliphatic carbocycles. The molecule has 0 saturated heterocycles. The molecule has 2 fully saturated rings. The summed E-state index contributed by atoms with van der Waals surface area (Å²) in [5, 5.41) is 3.07. The van der Waals surface area contributed by atoms with Gasteiger partial charge in [0.05, 0.1) is 0 Å². The molecule has 0 unspecified atom stereocenters. The molecule has 0 atom stereocenters. The van der Waals surface area contributed by atoms with Crippen molar-refractivity contribution in [2.45, 2.75) is 88.6 Å². The van der Waals surface area contributed by atoms with Gasteiger partial charge in [0.15, 0.2) is 0 Å². The summed E-state index contributed by atoms with van der Waals surface area (Å²) in [6, 6.07) is 66.8. The Morgan fingerprint density at radius 3 is 1.51 bits per heavy atom. The Labute approximate surface area is 353 Å². The van der Waals surface area contributed by atoms with Gasteiger partial charge in [-0.25, -0.2) is 0 Å². The van der Waals surface area contributed by atoms with Crippen LogP contribution in [0.2, 0.25) is 13.1 Å². The lowest BCUT2D eigenvalue weighted by molar-refractivity contribution is 0.346. The molecule has 0 aromatic heterocycles. The van der Waals surface area contributed by atoms with Crippen molar-refractivity contribution >= 4 is 52.6 Å². The highest BCUT2D eigenvalue weighted by Gasteiger charge is 2.41. The van der Waals surface area contributed by atoms with E-state index in [0.717, 1.165) is 0 Å². The summed E-state index contributed by atoms with van der Waals surface area (Å²) in [6.07, 6.45) is 12.9. The Morgan fingerprint density at radius 1 is 0.424 bits per heavy atom. The van der Waals surface area contributed by atoms with Crippen LogP contribution < -0.4 is 20.2 Å². The van der Waals surface area contributed by atoms with Gasteiger partial charge in [0.1, 0.15) is 8.07 Å². The van der Waals surface area contributed by atoms with E-state index in [-0.39, 0.29) is 5.41 Å². The van der Waals surface area contributed by atoms with Crippen LogP contribution in [0.5, 0.6) is 0 Å². The molecule has 0 radical (unpaired) electrons. The standard InChI is InChI=1S/C56H56N2Si/c1-59(2)54-27-14-13-24-51(54)52-25-17-26-53(55(52)59)58(47-22-11-5-12-23-47)50-38-32-45(33-39-50)56(40-15-6-16-41-56)44-30-36-49(37-31-44)57(46-20-9-4-10-21-46)48-34-28-43(29-35-48)42-18-7-3-8-19-42/h4-5,9-14,17,20-39,42H,3,6-8,15-16,18-19,40-41H2,1-2H3. The van der Waals surface area contributed by atoms with Crippen LogP contribution >= 0.6 is 0 Å². The van der Waals surface area contributed by atoms with Gasteiger partial charge in [-0.3, -0.25) is 0 Å². The summed E-state index contributed by atoms with van der Waals surface area (Å²) in [5.41, 5.74) is 14.5. The first-order valence-corrected chi connectivity index (χ1v) is 25.3. The molecule has 0 amide bonds. The Kier molecular flexibility index (Phi) is 10.1. The van der Waals surface area contributed by atoms with Crippen LogP contribution in [0.15, 0.2) is 176 Å². The van der Waals surface area contributed by atoms with Crippen molar-refractivity contribution in [3.8, 4) is 11.1 Å². The molecule has 0 bridgehead atoms. The molecule has 3 aliphatic rings. The molecule has 7 aromatic rings. The van der Waals surface area contributed by atoms with Crippen molar-refractivity contribution in [3.63, 3.8) is 0 Å². The second kappa shape index (κ2) is 15.8. The molecule has 3 heteroatoms. The van der Waals surface area contributed by atoms with Crippen molar-refractivity contribution in [3.05, 3.63) is 193 Å². The maximum absolute atomic E-state index is 2.53. The monoisotopic (exact) mass is 784 g/mol. The quantitative estimate of drug-likeness (QED) is 0.135. The van der Waals surface area contributed by atoms with Crippen LogP contribution in [-0.2, 0) is 5.41 Å². The highest BCUT2D eigenvalue weighted by molar-refractivity contribution is 7.04. The van der Waals surface area contributed by atoms with E-state index in [9.17, 15) is 0 Å². The Balaban J connectivity index is 1.00. The van der Waals surface area contributed by atoms with Gasteiger partial charge in [-0.05, 0) is 137 Å². The molecular weight excluding hydrogens is 729 g/mol. The fourth-order valence-electron chi connectivity index (χ4n) is 11.1. The zero-order valence-corrected chi connectivity index (χ0v) is 35.8. The average molecular weight is 785 g/mol. The van der Waals surface area contributed by atoms with E-state index in [1.165, 1.54) is 137 Å². The third-order valence-corrected chi connectivity index (χ3v) is 17.7. The highest BCUT2D eigenvalue weighted by Crippen LogP contribution is 2.48. The average Bonchev–Trinajstić information content (AvgIpc) is 3.55. The third kappa shape index (κ3) is 6.84. The normalized spacial score (nSPS) is 16.8. The summed E-state index contributed by atoms with van der Waals surface area (Å²) in [5.74, 6) is 0.704. The first-order chi connectivity index (χ1) is 29.0.